The topological polar surface area (TPSA) is 51.8 Å². The van der Waals surface area contributed by atoms with Crippen molar-refractivity contribution in [3.8, 4) is 67.5 Å². The summed E-state index contributed by atoms with van der Waals surface area (Å²) < 4.78 is 6.62. The number of hydrogen-bond donors (Lipinski definition) is 0. The molecule has 0 aliphatic carbocycles. The summed E-state index contributed by atoms with van der Waals surface area (Å²) in [5, 5.41) is 4.35. The molecular formula is C49H31N3O. The first-order valence-corrected chi connectivity index (χ1v) is 17.8. The summed E-state index contributed by atoms with van der Waals surface area (Å²) in [6, 6.07) is 65.3. The van der Waals surface area contributed by atoms with Crippen LogP contribution in [0.15, 0.2) is 192 Å². The van der Waals surface area contributed by atoms with Gasteiger partial charge < -0.3 is 4.42 Å². The van der Waals surface area contributed by atoms with Crippen molar-refractivity contribution < 1.29 is 4.42 Å². The summed E-state index contributed by atoms with van der Waals surface area (Å²) in [5.74, 6) is 1.84. The zero-order valence-corrected chi connectivity index (χ0v) is 28.6. The molecule has 10 aromatic rings. The van der Waals surface area contributed by atoms with Crippen LogP contribution in [0.4, 0.5) is 0 Å². The van der Waals surface area contributed by atoms with E-state index in [-0.39, 0.29) is 0 Å². The molecule has 0 spiro atoms. The van der Waals surface area contributed by atoms with Gasteiger partial charge in [0.15, 0.2) is 17.5 Å². The van der Waals surface area contributed by atoms with Crippen molar-refractivity contribution in [2.45, 2.75) is 0 Å². The van der Waals surface area contributed by atoms with Gasteiger partial charge in [-0.3, -0.25) is 0 Å². The number of rotatable bonds is 6. The lowest BCUT2D eigenvalue weighted by atomic mass is 9.91. The number of nitrogens with zero attached hydrogens (tertiary/aromatic N) is 3. The molecule has 0 saturated heterocycles. The van der Waals surface area contributed by atoms with Crippen LogP contribution in [-0.4, -0.2) is 15.0 Å². The van der Waals surface area contributed by atoms with Crippen molar-refractivity contribution in [2.75, 3.05) is 0 Å². The Labute approximate surface area is 306 Å². The van der Waals surface area contributed by atoms with Crippen molar-refractivity contribution >= 4 is 32.7 Å². The Hall–Kier alpha value is -7.17. The molecule has 0 N–H and O–H groups in total. The molecule has 0 saturated carbocycles. The van der Waals surface area contributed by atoms with Crippen LogP contribution in [0.3, 0.4) is 0 Å². The first-order valence-electron chi connectivity index (χ1n) is 17.8. The summed E-state index contributed by atoms with van der Waals surface area (Å²) in [4.78, 5) is 15.1. The van der Waals surface area contributed by atoms with Crippen molar-refractivity contribution in [1.82, 2.24) is 15.0 Å². The summed E-state index contributed by atoms with van der Waals surface area (Å²) >= 11 is 0. The van der Waals surface area contributed by atoms with Gasteiger partial charge in [0, 0.05) is 27.5 Å². The van der Waals surface area contributed by atoms with E-state index >= 15 is 0 Å². The van der Waals surface area contributed by atoms with Gasteiger partial charge in [-0.25, -0.2) is 15.0 Å². The van der Waals surface area contributed by atoms with E-state index in [0.717, 1.165) is 60.5 Å². The van der Waals surface area contributed by atoms with Crippen LogP contribution in [-0.2, 0) is 0 Å². The fourth-order valence-corrected chi connectivity index (χ4v) is 7.35. The molecule has 0 fully saturated rings. The second kappa shape index (κ2) is 12.9. The van der Waals surface area contributed by atoms with Crippen molar-refractivity contribution in [3.63, 3.8) is 0 Å². The van der Waals surface area contributed by atoms with Crippen LogP contribution in [0.5, 0.6) is 0 Å². The molecule has 248 valence electrons. The second-order valence-electron chi connectivity index (χ2n) is 13.2. The fraction of sp³-hybridized carbons (Fsp3) is 0. The van der Waals surface area contributed by atoms with Crippen LogP contribution < -0.4 is 0 Å². The molecule has 2 heterocycles. The predicted octanol–water partition coefficient (Wildman–Crippen LogP) is 12.9. The minimum absolute atomic E-state index is 0.590. The highest BCUT2D eigenvalue weighted by Gasteiger charge is 2.18. The third-order valence-corrected chi connectivity index (χ3v) is 9.91. The Balaban J connectivity index is 1.14. The van der Waals surface area contributed by atoms with Crippen molar-refractivity contribution in [2.24, 2.45) is 0 Å². The van der Waals surface area contributed by atoms with E-state index in [2.05, 4.69) is 152 Å². The molecule has 10 rings (SSSR count). The van der Waals surface area contributed by atoms with Crippen molar-refractivity contribution in [3.05, 3.63) is 188 Å². The number of furan rings is 1. The van der Waals surface area contributed by atoms with Gasteiger partial charge in [0.25, 0.3) is 0 Å². The van der Waals surface area contributed by atoms with Crippen LogP contribution >= 0.6 is 0 Å². The Morgan fingerprint density at radius 2 is 0.849 bits per heavy atom. The third kappa shape index (κ3) is 5.63. The van der Waals surface area contributed by atoms with Crippen LogP contribution in [0, 0.1) is 0 Å². The van der Waals surface area contributed by atoms with Gasteiger partial charge in [0.05, 0.1) is 0 Å². The zero-order valence-electron chi connectivity index (χ0n) is 28.6. The van der Waals surface area contributed by atoms with Crippen LogP contribution in [0.2, 0.25) is 0 Å². The maximum absolute atomic E-state index is 6.62. The van der Waals surface area contributed by atoms with Gasteiger partial charge in [-0.15, -0.1) is 0 Å². The highest BCUT2D eigenvalue weighted by Crippen LogP contribution is 2.41. The Bertz CT molecular complexity index is 2870. The van der Waals surface area contributed by atoms with Gasteiger partial charge in [0.1, 0.15) is 11.2 Å². The van der Waals surface area contributed by atoms with E-state index in [1.54, 1.807) is 0 Å². The second-order valence-corrected chi connectivity index (χ2v) is 13.2. The smallest absolute Gasteiger partial charge is 0.164 e. The number of benzene rings is 8. The van der Waals surface area contributed by atoms with E-state index in [1.807, 2.05) is 36.4 Å². The fourth-order valence-electron chi connectivity index (χ4n) is 7.35. The van der Waals surface area contributed by atoms with Gasteiger partial charge in [-0.05, 0) is 80.6 Å². The van der Waals surface area contributed by atoms with Gasteiger partial charge in [0.2, 0.25) is 0 Å². The largest absolute Gasteiger partial charge is 0.456 e. The monoisotopic (exact) mass is 677 g/mol. The molecule has 0 unspecified atom stereocenters. The Kier molecular flexibility index (Phi) is 7.43. The molecule has 0 atom stereocenters. The van der Waals surface area contributed by atoms with E-state index in [4.69, 9.17) is 19.4 Å². The summed E-state index contributed by atoms with van der Waals surface area (Å²) in [6.45, 7) is 0. The SMILES string of the molecule is c1ccc(-c2cc(-c3ccccc3)cc(-c3cccc4oc5cc(-c6nc(-c7ccccc7)nc(-c7cccc8ccccc78)n6)ccc5c34)c2)cc1. The quantitative estimate of drug-likeness (QED) is 0.176. The number of hydrogen-bond acceptors (Lipinski definition) is 4. The maximum atomic E-state index is 6.62. The molecule has 53 heavy (non-hydrogen) atoms. The molecule has 0 aliphatic rings. The minimum Gasteiger partial charge on any atom is -0.456 e. The maximum Gasteiger partial charge on any atom is 0.164 e. The third-order valence-electron chi connectivity index (χ3n) is 9.91. The van der Waals surface area contributed by atoms with E-state index in [1.165, 1.54) is 22.3 Å². The summed E-state index contributed by atoms with van der Waals surface area (Å²) in [5.41, 5.74) is 11.3. The molecule has 0 amide bonds. The Morgan fingerprint density at radius 3 is 1.57 bits per heavy atom. The lowest BCUT2D eigenvalue weighted by Crippen LogP contribution is -2.00. The lowest BCUT2D eigenvalue weighted by molar-refractivity contribution is 0.669. The molecule has 0 radical (unpaired) electrons. The molecule has 2 aromatic heterocycles. The molecule has 4 nitrogen and oxygen atoms in total. The normalized spacial score (nSPS) is 11.4. The Morgan fingerprint density at radius 1 is 0.302 bits per heavy atom. The number of aromatic nitrogens is 3. The molecule has 4 heteroatoms. The summed E-state index contributed by atoms with van der Waals surface area (Å²) in [7, 11) is 0. The van der Waals surface area contributed by atoms with Crippen molar-refractivity contribution in [1.29, 1.82) is 0 Å². The average molecular weight is 678 g/mol. The average Bonchev–Trinajstić information content (AvgIpc) is 3.62. The van der Waals surface area contributed by atoms with Crippen LogP contribution in [0.1, 0.15) is 0 Å². The van der Waals surface area contributed by atoms with Gasteiger partial charge >= 0.3 is 0 Å². The molecule has 0 aliphatic heterocycles. The molecular weight excluding hydrogens is 647 g/mol. The highest BCUT2D eigenvalue weighted by atomic mass is 16.3. The molecule has 0 bridgehead atoms. The first-order chi connectivity index (χ1) is 26.2. The zero-order chi connectivity index (χ0) is 35.1. The minimum atomic E-state index is 0.590. The van der Waals surface area contributed by atoms with Gasteiger partial charge in [-0.2, -0.15) is 0 Å². The number of fused-ring (bicyclic) bond motifs is 4. The molecule has 8 aromatic carbocycles. The lowest BCUT2D eigenvalue weighted by Gasteiger charge is -2.12. The van der Waals surface area contributed by atoms with E-state index in [9.17, 15) is 0 Å². The van der Waals surface area contributed by atoms with E-state index < -0.39 is 0 Å². The van der Waals surface area contributed by atoms with Crippen LogP contribution in [0.25, 0.3) is 100 Å². The first kappa shape index (κ1) is 30.6. The standard InChI is InChI=1S/C49H31N3O/c1-4-14-32(15-5-1)37-28-38(33-16-6-2-7-17-33)30-39(29-37)41-23-13-25-44-46(41)43-27-26-36(31-45(43)53-44)48-50-47(35-19-8-3-9-20-35)51-49(52-48)42-24-12-21-34-18-10-11-22-40(34)42/h1-31H. The predicted molar refractivity (Wildman–Crippen MR) is 217 cm³/mol. The highest BCUT2D eigenvalue weighted by molar-refractivity contribution is 6.13. The van der Waals surface area contributed by atoms with E-state index in [0.29, 0.717) is 17.5 Å². The van der Waals surface area contributed by atoms with Gasteiger partial charge in [-0.1, -0.05) is 152 Å². The summed E-state index contributed by atoms with van der Waals surface area (Å²) in [6.07, 6.45) is 0.